The summed E-state index contributed by atoms with van der Waals surface area (Å²) in [5, 5.41) is 3.05. The molecule has 0 radical (unpaired) electrons. The molecule has 1 N–H and O–H groups in total. The van der Waals surface area contributed by atoms with Crippen LogP contribution in [0.1, 0.15) is 34.1 Å². The first-order valence-corrected chi connectivity index (χ1v) is 12.3. The van der Waals surface area contributed by atoms with Crippen LogP contribution in [0.2, 0.25) is 0 Å². The summed E-state index contributed by atoms with van der Waals surface area (Å²) in [4.78, 5) is 53.0. The van der Waals surface area contributed by atoms with Crippen molar-refractivity contribution in [1.29, 1.82) is 0 Å². The Morgan fingerprint density at radius 1 is 0.838 bits per heavy atom. The third-order valence-corrected chi connectivity index (χ3v) is 6.47. The van der Waals surface area contributed by atoms with E-state index in [0.717, 1.165) is 9.80 Å². The maximum Gasteiger partial charge on any atom is 0.338 e. The minimum absolute atomic E-state index is 0.108. The van der Waals surface area contributed by atoms with E-state index in [2.05, 4.69) is 5.32 Å². The van der Waals surface area contributed by atoms with Gasteiger partial charge in [0.1, 0.15) is 10.6 Å². The smallest absolute Gasteiger partial charge is 0.338 e. The zero-order valence-corrected chi connectivity index (χ0v) is 21.0. The number of anilines is 2. The summed E-state index contributed by atoms with van der Waals surface area (Å²) in [7, 11) is 1.30. The topological polar surface area (TPSA) is 102 Å². The number of nitrogens with one attached hydrogen (secondary N) is 1. The van der Waals surface area contributed by atoms with E-state index in [-0.39, 0.29) is 10.6 Å². The van der Waals surface area contributed by atoms with Gasteiger partial charge in [-0.05, 0) is 67.1 Å². The molecule has 0 saturated carbocycles. The molecule has 1 aliphatic heterocycles. The lowest BCUT2D eigenvalue weighted by atomic mass is 10.2. The molecule has 3 aromatic rings. The molecule has 0 bridgehead atoms. The van der Waals surface area contributed by atoms with Gasteiger partial charge in [-0.25, -0.2) is 14.5 Å². The second-order valence-corrected chi connectivity index (χ2v) is 9.03. The zero-order valence-electron chi connectivity index (χ0n) is 20.2. The minimum Gasteiger partial charge on any atom is -0.465 e. The molecule has 3 aromatic carbocycles. The number of rotatable bonds is 9. The maximum atomic E-state index is 13.5. The summed E-state index contributed by atoms with van der Waals surface area (Å²) in [6, 6.07) is 21.7. The average molecular weight is 517 g/mol. The van der Waals surface area contributed by atoms with Gasteiger partial charge in [0.05, 0.1) is 30.5 Å². The Morgan fingerprint density at radius 2 is 1.46 bits per heavy atom. The van der Waals surface area contributed by atoms with E-state index in [1.165, 1.54) is 43.1 Å². The molecule has 188 valence electrons. The second kappa shape index (κ2) is 11.6. The van der Waals surface area contributed by atoms with Crippen LogP contribution in [0.25, 0.3) is 0 Å². The summed E-state index contributed by atoms with van der Waals surface area (Å²) >= 11 is 1.17. The van der Waals surface area contributed by atoms with Crippen LogP contribution < -0.4 is 10.2 Å². The van der Waals surface area contributed by atoms with Gasteiger partial charge in [0.2, 0.25) is 0 Å². The number of methoxy groups -OCH3 is 1. The third kappa shape index (κ3) is 5.73. The highest BCUT2D eigenvalue weighted by molar-refractivity contribution is 8.04. The van der Waals surface area contributed by atoms with Crippen molar-refractivity contribution in [2.45, 2.75) is 18.2 Å². The van der Waals surface area contributed by atoms with Crippen molar-refractivity contribution in [1.82, 2.24) is 0 Å². The quantitative estimate of drug-likeness (QED) is 0.312. The molecule has 0 atom stereocenters. The van der Waals surface area contributed by atoms with Crippen LogP contribution in [-0.4, -0.2) is 37.5 Å². The van der Waals surface area contributed by atoms with Gasteiger partial charge in [0, 0.05) is 10.6 Å². The number of hydrogen-bond acceptors (Lipinski definition) is 8. The van der Waals surface area contributed by atoms with Gasteiger partial charge in [-0.15, -0.1) is 0 Å². The van der Waals surface area contributed by atoms with Crippen molar-refractivity contribution in [3.8, 4) is 0 Å². The molecule has 8 nitrogen and oxygen atoms in total. The van der Waals surface area contributed by atoms with Gasteiger partial charge >= 0.3 is 11.9 Å². The molecular weight excluding hydrogens is 492 g/mol. The lowest BCUT2D eigenvalue weighted by molar-refractivity contribution is -0.120. The van der Waals surface area contributed by atoms with E-state index in [4.69, 9.17) is 9.47 Å². The Morgan fingerprint density at radius 3 is 2.08 bits per heavy atom. The highest BCUT2D eigenvalue weighted by Crippen LogP contribution is 2.37. The standard InChI is InChI=1S/C28H24N2O6S/c1-3-17-36-28(34)19-11-15-21(16-12-19)30-25(31)23(24(26(30)32)37-22-7-5-4-6-8-22)29-20-13-9-18(10-14-20)27(33)35-2/h4-16,29H,3,17H2,1-2H3. The van der Waals surface area contributed by atoms with Crippen LogP contribution in [0.15, 0.2) is 94.4 Å². The van der Waals surface area contributed by atoms with Crippen molar-refractivity contribution >= 4 is 46.9 Å². The number of amides is 2. The highest BCUT2D eigenvalue weighted by Gasteiger charge is 2.40. The molecule has 1 aliphatic rings. The number of imide groups is 1. The molecule has 0 aromatic heterocycles. The molecule has 0 fully saturated rings. The first kappa shape index (κ1) is 25.7. The molecule has 0 saturated heterocycles. The molecule has 0 aliphatic carbocycles. The van der Waals surface area contributed by atoms with Gasteiger partial charge in [0.25, 0.3) is 11.8 Å². The predicted octanol–water partition coefficient (Wildman–Crippen LogP) is 5.03. The fourth-order valence-corrected chi connectivity index (χ4v) is 4.48. The van der Waals surface area contributed by atoms with Crippen molar-refractivity contribution in [3.63, 3.8) is 0 Å². The van der Waals surface area contributed by atoms with Gasteiger partial charge < -0.3 is 14.8 Å². The molecule has 1 heterocycles. The summed E-state index contributed by atoms with van der Waals surface area (Å²) in [6.45, 7) is 2.21. The fraction of sp³-hybridized carbons (Fsp3) is 0.143. The number of esters is 2. The van der Waals surface area contributed by atoms with Gasteiger partial charge in [-0.1, -0.05) is 36.9 Å². The molecule has 9 heteroatoms. The van der Waals surface area contributed by atoms with Crippen molar-refractivity contribution in [2.24, 2.45) is 0 Å². The molecule has 0 unspecified atom stereocenters. The van der Waals surface area contributed by atoms with Crippen LogP contribution in [-0.2, 0) is 19.1 Å². The first-order chi connectivity index (χ1) is 17.9. The minimum atomic E-state index is -0.540. The van der Waals surface area contributed by atoms with E-state index in [1.54, 1.807) is 24.3 Å². The van der Waals surface area contributed by atoms with E-state index >= 15 is 0 Å². The molecule has 37 heavy (non-hydrogen) atoms. The lowest BCUT2D eigenvalue weighted by Crippen LogP contribution is -2.32. The van der Waals surface area contributed by atoms with Gasteiger partial charge in [-0.2, -0.15) is 0 Å². The Kier molecular flexibility index (Phi) is 8.05. The summed E-state index contributed by atoms with van der Waals surface area (Å²) in [5.74, 6) is -1.98. The number of thioether (sulfide) groups is 1. The van der Waals surface area contributed by atoms with Gasteiger partial charge in [0.15, 0.2) is 0 Å². The fourth-order valence-electron chi connectivity index (χ4n) is 3.53. The van der Waals surface area contributed by atoms with E-state index in [0.29, 0.717) is 35.5 Å². The SMILES string of the molecule is CCCOC(=O)c1ccc(N2C(=O)C(Nc3ccc(C(=O)OC)cc3)=C(Sc3ccccc3)C2=O)cc1. The number of benzene rings is 3. The molecular formula is C28H24N2O6S. The van der Waals surface area contributed by atoms with E-state index in [1.807, 2.05) is 37.3 Å². The summed E-state index contributed by atoms with van der Waals surface area (Å²) in [5.41, 5.74) is 1.63. The van der Waals surface area contributed by atoms with Crippen LogP contribution in [0.3, 0.4) is 0 Å². The number of hydrogen-bond donors (Lipinski definition) is 1. The Balaban J connectivity index is 1.64. The van der Waals surface area contributed by atoms with Crippen LogP contribution in [0.4, 0.5) is 11.4 Å². The lowest BCUT2D eigenvalue weighted by Gasteiger charge is -2.16. The highest BCUT2D eigenvalue weighted by atomic mass is 32.2. The normalized spacial score (nSPS) is 13.1. The van der Waals surface area contributed by atoms with Gasteiger partial charge in [-0.3, -0.25) is 9.59 Å². The Hall–Kier alpha value is -4.37. The van der Waals surface area contributed by atoms with E-state index < -0.39 is 23.8 Å². The zero-order chi connectivity index (χ0) is 26.4. The Labute approximate surface area is 218 Å². The molecule has 4 rings (SSSR count). The van der Waals surface area contributed by atoms with Crippen LogP contribution in [0, 0.1) is 0 Å². The number of ether oxygens (including phenoxy) is 2. The second-order valence-electron chi connectivity index (χ2n) is 7.94. The monoisotopic (exact) mass is 516 g/mol. The van der Waals surface area contributed by atoms with Crippen LogP contribution in [0.5, 0.6) is 0 Å². The summed E-state index contributed by atoms with van der Waals surface area (Å²) in [6.07, 6.45) is 0.704. The largest absolute Gasteiger partial charge is 0.465 e. The maximum absolute atomic E-state index is 13.5. The van der Waals surface area contributed by atoms with Crippen molar-refractivity contribution in [2.75, 3.05) is 23.9 Å². The predicted molar refractivity (Wildman–Crippen MR) is 140 cm³/mol. The van der Waals surface area contributed by atoms with E-state index in [9.17, 15) is 19.2 Å². The van der Waals surface area contributed by atoms with Crippen LogP contribution >= 0.6 is 11.8 Å². The molecule has 0 spiro atoms. The number of carbonyl (C=O) groups excluding carboxylic acids is 4. The van der Waals surface area contributed by atoms with Crippen molar-refractivity contribution < 1.29 is 28.7 Å². The number of carbonyl (C=O) groups is 4. The van der Waals surface area contributed by atoms with Crippen molar-refractivity contribution in [3.05, 3.63) is 101 Å². The first-order valence-electron chi connectivity index (χ1n) is 11.5. The average Bonchev–Trinajstić information content (AvgIpc) is 3.16. The Bertz CT molecular complexity index is 1350. The molecule has 2 amide bonds. The number of nitrogens with zero attached hydrogens (tertiary/aromatic N) is 1. The summed E-state index contributed by atoms with van der Waals surface area (Å²) < 4.78 is 9.87. The third-order valence-electron chi connectivity index (χ3n) is 5.38.